The van der Waals surface area contributed by atoms with Crippen molar-refractivity contribution in [3.05, 3.63) is 64.9 Å². The first-order valence-electron chi connectivity index (χ1n) is 7.63. The highest BCUT2D eigenvalue weighted by Gasteiger charge is 2.11. The van der Waals surface area contributed by atoms with Gasteiger partial charge >= 0.3 is 0 Å². The van der Waals surface area contributed by atoms with Gasteiger partial charge in [-0.2, -0.15) is 5.10 Å². The van der Waals surface area contributed by atoms with Crippen molar-refractivity contribution >= 4 is 34.6 Å². The van der Waals surface area contributed by atoms with Gasteiger partial charge in [0.05, 0.1) is 10.7 Å². The summed E-state index contributed by atoms with van der Waals surface area (Å²) in [6.45, 7) is 2.02. The second kappa shape index (κ2) is 7.55. The molecule has 3 rings (SSSR count). The Morgan fingerprint density at radius 3 is 2.58 bits per heavy atom. The molecule has 0 bridgehead atoms. The number of nitrogens with one attached hydrogen (secondary N) is 2. The fourth-order valence-electron chi connectivity index (χ4n) is 2.42. The number of rotatable bonds is 5. The summed E-state index contributed by atoms with van der Waals surface area (Å²) < 4.78 is 0. The number of nitrogens with zero attached hydrogens (tertiary/aromatic N) is 2. The summed E-state index contributed by atoms with van der Waals surface area (Å²) in [7, 11) is 0. The second-order valence-corrected chi connectivity index (χ2v) is 6.41. The van der Waals surface area contributed by atoms with Crippen LogP contribution in [-0.4, -0.2) is 20.2 Å². The predicted octanol–water partition coefficient (Wildman–Crippen LogP) is 4.81. The molecule has 0 aliphatic carbocycles. The van der Waals surface area contributed by atoms with Crippen molar-refractivity contribution < 1.29 is 0 Å². The standard InChI is InChI=1S/C18H17ClN4S/c1-12-17(14-8-10-20-11-9-14)22-23-18(12)21-16(24)7-4-13-2-5-15(19)6-3-13/h2-3,5-6,8-11H,4,7H2,1H3,(H2,21,22,23,24). The summed E-state index contributed by atoms with van der Waals surface area (Å²) in [5.41, 5.74) is 4.27. The van der Waals surface area contributed by atoms with E-state index in [4.69, 9.17) is 23.8 Å². The number of anilines is 1. The van der Waals surface area contributed by atoms with Crippen LogP contribution in [0, 0.1) is 6.92 Å². The fourth-order valence-corrected chi connectivity index (χ4v) is 2.75. The van der Waals surface area contributed by atoms with E-state index in [0.717, 1.165) is 45.5 Å². The molecular weight excluding hydrogens is 340 g/mol. The first kappa shape index (κ1) is 16.6. The Hall–Kier alpha value is -2.24. The number of halogens is 1. The minimum absolute atomic E-state index is 0.746. The molecule has 0 aliphatic heterocycles. The van der Waals surface area contributed by atoms with Crippen LogP contribution < -0.4 is 5.32 Å². The van der Waals surface area contributed by atoms with E-state index < -0.39 is 0 Å². The van der Waals surface area contributed by atoms with Crippen LogP contribution in [0.1, 0.15) is 17.5 Å². The zero-order valence-electron chi connectivity index (χ0n) is 13.2. The van der Waals surface area contributed by atoms with Crippen LogP contribution >= 0.6 is 23.8 Å². The van der Waals surface area contributed by atoms with Crippen LogP contribution in [0.4, 0.5) is 5.82 Å². The third-order valence-electron chi connectivity index (χ3n) is 3.79. The maximum absolute atomic E-state index is 5.90. The zero-order chi connectivity index (χ0) is 16.9. The molecule has 122 valence electrons. The highest BCUT2D eigenvalue weighted by atomic mass is 35.5. The van der Waals surface area contributed by atoms with E-state index in [1.54, 1.807) is 12.4 Å². The smallest absolute Gasteiger partial charge is 0.156 e. The molecular formula is C18H17ClN4S. The number of aromatic nitrogens is 3. The van der Waals surface area contributed by atoms with Crippen LogP contribution in [-0.2, 0) is 6.42 Å². The number of benzene rings is 1. The van der Waals surface area contributed by atoms with Crippen LogP contribution in [0.25, 0.3) is 11.3 Å². The Morgan fingerprint density at radius 2 is 1.88 bits per heavy atom. The lowest BCUT2D eigenvalue weighted by Gasteiger charge is -2.07. The average molecular weight is 357 g/mol. The second-order valence-electron chi connectivity index (χ2n) is 5.48. The van der Waals surface area contributed by atoms with Gasteiger partial charge in [0.2, 0.25) is 0 Å². The van der Waals surface area contributed by atoms with E-state index in [1.807, 2.05) is 43.3 Å². The monoisotopic (exact) mass is 356 g/mol. The number of hydrogen-bond acceptors (Lipinski definition) is 3. The molecule has 6 heteroatoms. The lowest BCUT2D eigenvalue weighted by molar-refractivity contribution is 1.04. The minimum atomic E-state index is 0.746. The number of hydrogen-bond donors (Lipinski definition) is 2. The molecule has 3 aromatic rings. The maximum atomic E-state index is 5.90. The number of pyridine rings is 1. The van der Waals surface area contributed by atoms with Gasteiger partial charge in [0.15, 0.2) is 5.82 Å². The lowest BCUT2D eigenvalue weighted by atomic mass is 10.1. The number of aryl methyl sites for hydroxylation is 1. The van der Waals surface area contributed by atoms with Crippen LogP contribution in [0.5, 0.6) is 0 Å². The van der Waals surface area contributed by atoms with Crippen molar-refractivity contribution in [2.45, 2.75) is 19.8 Å². The van der Waals surface area contributed by atoms with Crippen molar-refractivity contribution in [1.29, 1.82) is 0 Å². The molecule has 2 N–H and O–H groups in total. The quantitative estimate of drug-likeness (QED) is 0.644. The van der Waals surface area contributed by atoms with Crippen LogP contribution in [0.3, 0.4) is 0 Å². The Labute approximate surface area is 151 Å². The van der Waals surface area contributed by atoms with E-state index in [2.05, 4.69) is 20.5 Å². The summed E-state index contributed by atoms with van der Waals surface area (Å²) in [5.74, 6) is 0.767. The summed E-state index contributed by atoms with van der Waals surface area (Å²) in [4.78, 5) is 4.80. The summed E-state index contributed by atoms with van der Waals surface area (Å²) in [5, 5.41) is 11.4. The first-order chi connectivity index (χ1) is 11.6. The number of aromatic amines is 1. The van der Waals surface area contributed by atoms with E-state index in [1.165, 1.54) is 5.56 Å². The van der Waals surface area contributed by atoms with Gasteiger partial charge < -0.3 is 5.32 Å². The minimum Gasteiger partial charge on any atom is -0.333 e. The molecule has 0 radical (unpaired) electrons. The molecule has 0 amide bonds. The zero-order valence-corrected chi connectivity index (χ0v) is 14.8. The molecule has 1 aromatic carbocycles. The van der Waals surface area contributed by atoms with Gasteiger partial charge in [0, 0.05) is 35.0 Å². The third kappa shape index (κ3) is 3.99. The van der Waals surface area contributed by atoms with Gasteiger partial charge in [-0.15, -0.1) is 0 Å². The molecule has 2 heterocycles. The van der Waals surface area contributed by atoms with Gasteiger partial charge in [-0.3, -0.25) is 10.1 Å². The summed E-state index contributed by atoms with van der Waals surface area (Å²) in [6.07, 6.45) is 5.15. The molecule has 0 atom stereocenters. The lowest BCUT2D eigenvalue weighted by Crippen LogP contribution is -2.11. The van der Waals surface area contributed by atoms with Crippen molar-refractivity contribution in [1.82, 2.24) is 15.2 Å². The van der Waals surface area contributed by atoms with Crippen LogP contribution in [0.2, 0.25) is 5.02 Å². The molecule has 4 nitrogen and oxygen atoms in total. The predicted molar refractivity (Wildman–Crippen MR) is 103 cm³/mol. The topological polar surface area (TPSA) is 53.6 Å². The Bertz CT molecular complexity index is 828. The Morgan fingerprint density at radius 1 is 1.17 bits per heavy atom. The molecule has 0 saturated carbocycles. The Kier molecular flexibility index (Phi) is 5.23. The fraction of sp³-hybridized carbons (Fsp3) is 0.167. The van der Waals surface area contributed by atoms with Crippen molar-refractivity contribution in [2.75, 3.05) is 5.32 Å². The number of H-pyrrole nitrogens is 1. The Balaban J connectivity index is 1.63. The van der Waals surface area contributed by atoms with E-state index in [0.29, 0.717) is 0 Å². The van der Waals surface area contributed by atoms with Gasteiger partial charge in [-0.05, 0) is 43.2 Å². The molecule has 0 unspecified atom stereocenters. The molecule has 0 spiro atoms. The molecule has 0 saturated heterocycles. The van der Waals surface area contributed by atoms with Crippen molar-refractivity contribution in [3.63, 3.8) is 0 Å². The van der Waals surface area contributed by atoms with Gasteiger partial charge in [-0.1, -0.05) is 36.0 Å². The molecule has 0 aliphatic rings. The SMILES string of the molecule is Cc1c(NC(=S)CCc2ccc(Cl)cc2)n[nH]c1-c1ccncc1. The van der Waals surface area contributed by atoms with Gasteiger partial charge in [-0.25, -0.2) is 0 Å². The highest BCUT2D eigenvalue weighted by Crippen LogP contribution is 2.25. The van der Waals surface area contributed by atoms with Gasteiger partial charge in [0.25, 0.3) is 0 Å². The summed E-state index contributed by atoms with van der Waals surface area (Å²) >= 11 is 11.3. The third-order valence-corrected chi connectivity index (χ3v) is 4.35. The van der Waals surface area contributed by atoms with Crippen molar-refractivity contribution in [3.8, 4) is 11.3 Å². The van der Waals surface area contributed by atoms with E-state index in [-0.39, 0.29) is 0 Å². The summed E-state index contributed by atoms with van der Waals surface area (Å²) in [6, 6.07) is 11.7. The normalized spacial score (nSPS) is 10.6. The average Bonchev–Trinajstić information content (AvgIpc) is 2.96. The maximum Gasteiger partial charge on any atom is 0.156 e. The highest BCUT2D eigenvalue weighted by molar-refractivity contribution is 7.80. The van der Waals surface area contributed by atoms with Crippen LogP contribution in [0.15, 0.2) is 48.8 Å². The van der Waals surface area contributed by atoms with Gasteiger partial charge in [0.1, 0.15) is 0 Å². The van der Waals surface area contributed by atoms with E-state index in [9.17, 15) is 0 Å². The number of thiocarbonyl (C=S) groups is 1. The van der Waals surface area contributed by atoms with Crippen molar-refractivity contribution in [2.24, 2.45) is 0 Å². The first-order valence-corrected chi connectivity index (χ1v) is 8.42. The molecule has 0 fully saturated rings. The molecule has 24 heavy (non-hydrogen) atoms. The largest absolute Gasteiger partial charge is 0.333 e. The molecule has 2 aromatic heterocycles. The van der Waals surface area contributed by atoms with E-state index >= 15 is 0 Å².